The molecule has 1 aromatic heterocycles. The Labute approximate surface area is 172 Å². The summed E-state index contributed by atoms with van der Waals surface area (Å²) in [7, 11) is 1.77. The average molecular weight is 478 g/mol. The number of esters is 1. The lowest BCUT2D eigenvalue weighted by atomic mass is 9.86. The van der Waals surface area contributed by atoms with E-state index in [9.17, 15) is 4.79 Å². The second kappa shape index (κ2) is 11.4. The van der Waals surface area contributed by atoms with Crippen LogP contribution in [0.2, 0.25) is 0 Å². The van der Waals surface area contributed by atoms with E-state index < -0.39 is 0 Å². The van der Waals surface area contributed by atoms with E-state index in [1.54, 1.807) is 7.05 Å². The number of hydrogen-bond acceptors (Lipinski definition) is 5. The Balaban J connectivity index is 0.00000338. The predicted molar refractivity (Wildman–Crippen MR) is 112 cm³/mol. The normalized spacial score (nSPS) is 20.2. The maximum absolute atomic E-state index is 11.8. The lowest BCUT2D eigenvalue weighted by Gasteiger charge is -2.29. The molecule has 1 heterocycles. The standard InChI is InChI=1S/C18H30N4O3.HI/c1-5-24-17(23)14-6-8-15(9-7-14)21-18(19-4)20-11-10-16-12(2)22-25-13(16)3;/h14-15H,5-11H2,1-4H3,(H2,19,20,21);1H. The zero-order valence-corrected chi connectivity index (χ0v) is 18.5. The summed E-state index contributed by atoms with van der Waals surface area (Å²) in [6.45, 7) is 6.97. The average Bonchev–Trinajstić information content (AvgIpc) is 2.93. The van der Waals surface area contributed by atoms with Crippen molar-refractivity contribution in [3.63, 3.8) is 0 Å². The van der Waals surface area contributed by atoms with E-state index in [2.05, 4.69) is 20.8 Å². The molecule has 0 radical (unpaired) electrons. The third-order valence-electron chi connectivity index (χ3n) is 4.76. The van der Waals surface area contributed by atoms with Crippen LogP contribution in [0.25, 0.3) is 0 Å². The fraction of sp³-hybridized carbons (Fsp3) is 0.722. The number of rotatable bonds is 6. The number of guanidine groups is 1. The van der Waals surface area contributed by atoms with Crippen molar-refractivity contribution in [2.24, 2.45) is 10.9 Å². The van der Waals surface area contributed by atoms with Crippen molar-refractivity contribution in [2.75, 3.05) is 20.2 Å². The van der Waals surface area contributed by atoms with Crippen LogP contribution in [0, 0.1) is 19.8 Å². The molecule has 26 heavy (non-hydrogen) atoms. The number of hydrogen-bond donors (Lipinski definition) is 2. The third-order valence-corrected chi connectivity index (χ3v) is 4.76. The quantitative estimate of drug-likeness (QED) is 0.283. The number of aryl methyl sites for hydroxylation is 2. The first-order valence-electron chi connectivity index (χ1n) is 9.10. The summed E-state index contributed by atoms with van der Waals surface area (Å²) < 4.78 is 10.3. The first-order valence-corrected chi connectivity index (χ1v) is 9.10. The molecule has 7 nitrogen and oxygen atoms in total. The van der Waals surface area contributed by atoms with E-state index >= 15 is 0 Å². The van der Waals surface area contributed by atoms with Crippen LogP contribution in [-0.2, 0) is 16.0 Å². The van der Waals surface area contributed by atoms with Gasteiger partial charge in [0, 0.05) is 25.2 Å². The Hall–Kier alpha value is -1.32. The van der Waals surface area contributed by atoms with E-state index in [-0.39, 0.29) is 35.9 Å². The summed E-state index contributed by atoms with van der Waals surface area (Å²) in [6, 6.07) is 0.343. The molecule has 2 N–H and O–H groups in total. The van der Waals surface area contributed by atoms with E-state index in [0.29, 0.717) is 12.6 Å². The summed E-state index contributed by atoms with van der Waals surface area (Å²) in [5.41, 5.74) is 2.09. The summed E-state index contributed by atoms with van der Waals surface area (Å²) >= 11 is 0. The van der Waals surface area contributed by atoms with Gasteiger partial charge in [0.15, 0.2) is 5.96 Å². The molecule has 148 valence electrons. The van der Waals surface area contributed by atoms with Crippen LogP contribution >= 0.6 is 24.0 Å². The van der Waals surface area contributed by atoms with Crippen molar-refractivity contribution in [1.82, 2.24) is 15.8 Å². The van der Waals surface area contributed by atoms with Gasteiger partial charge in [-0.3, -0.25) is 9.79 Å². The highest BCUT2D eigenvalue weighted by atomic mass is 127. The zero-order chi connectivity index (χ0) is 18.2. The zero-order valence-electron chi connectivity index (χ0n) is 16.1. The Morgan fingerprint density at radius 3 is 2.54 bits per heavy atom. The number of halogens is 1. The molecular formula is C18H31IN4O3. The largest absolute Gasteiger partial charge is 0.466 e. The molecule has 1 aromatic rings. The number of nitrogens with zero attached hydrogens (tertiary/aromatic N) is 2. The maximum atomic E-state index is 11.8. The van der Waals surface area contributed by atoms with E-state index in [0.717, 1.165) is 61.6 Å². The monoisotopic (exact) mass is 478 g/mol. The van der Waals surface area contributed by atoms with Gasteiger partial charge in [-0.05, 0) is 52.9 Å². The topological polar surface area (TPSA) is 88.8 Å². The Morgan fingerprint density at radius 1 is 1.31 bits per heavy atom. The maximum Gasteiger partial charge on any atom is 0.308 e. The van der Waals surface area contributed by atoms with Gasteiger partial charge in [0.2, 0.25) is 0 Å². The van der Waals surface area contributed by atoms with Crippen molar-refractivity contribution in [3.8, 4) is 0 Å². The van der Waals surface area contributed by atoms with Crippen molar-refractivity contribution < 1.29 is 14.1 Å². The molecule has 0 saturated heterocycles. The molecule has 0 aromatic carbocycles. The van der Waals surface area contributed by atoms with Gasteiger partial charge in [0.25, 0.3) is 0 Å². The molecule has 8 heteroatoms. The van der Waals surface area contributed by atoms with Gasteiger partial charge < -0.3 is 19.9 Å². The van der Waals surface area contributed by atoms with Gasteiger partial charge in [-0.1, -0.05) is 5.16 Å². The molecule has 1 aliphatic carbocycles. The third kappa shape index (κ3) is 6.44. The number of carbonyl (C=O) groups excluding carboxylic acids is 1. The minimum Gasteiger partial charge on any atom is -0.466 e. The highest BCUT2D eigenvalue weighted by Gasteiger charge is 2.27. The molecular weight excluding hydrogens is 447 g/mol. The fourth-order valence-electron chi connectivity index (χ4n) is 3.29. The minimum absolute atomic E-state index is 0. The van der Waals surface area contributed by atoms with Crippen LogP contribution in [0.15, 0.2) is 9.52 Å². The lowest BCUT2D eigenvalue weighted by molar-refractivity contribution is -0.149. The molecule has 2 rings (SSSR count). The first kappa shape index (κ1) is 22.7. The first-order chi connectivity index (χ1) is 12.0. The fourth-order valence-corrected chi connectivity index (χ4v) is 3.29. The van der Waals surface area contributed by atoms with E-state index in [1.807, 2.05) is 20.8 Å². The molecule has 0 spiro atoms. The van der Waals surface area contributed by atoms with Gasteiger partial charge >= 0.3 is 5.97 Å². The molecule has 0 amide bonds. The van der Waals surface area contributed by atoms with Gasteiger partial charge in [0.1, 0.15) is 5.76 Å². The van der Waals surface area contributed by atoms with Crippen LogP contribution < -0.4 is 10.6 Å². The highest BCUT2D eigenvalue weighted by Crippen LogP contribution is 2.25. The minimum atomic E-state index is -0.0529. The Morgan fingerprint density at radius 2 is 2.00 bits per heavy atom. The Bertz CT molecular complexity index is 576. The SMILES string of the molecule is CCOC(=O)C1CCC(NC(=NC)NCCc2c(C)noc2C)CC1.I. The van der Waals surface area contributed by atoms with Crippen molar-refractivity contribution in [2.45, 2.75) is 58.9 Å². The summed E-state index contributed by atoms with van der Waals surface area (Å²) in [6.07, 6.45) is 4.48. The van der Waals surface area contributed by atoms with Crippen molar-refractivity contribution >= 4 is 35.9 Å². The van der Waals surface area contributed by atoms with E-state index in [4.69, 9.17) is 9.26 Å². The van der Waals surface area contributed by atoms with Crippen molar-refractivity contribution in [3.05, 3.63) is 17.0 Å². The number of aliphatic imine (C=N–C) groups is 1. The number of aromatic nitrogens is 1. The molecule has 1 fully saturated rings. The van der Waals surface area contributed by atoms with Gasteiger partial charge in [-0.15, -0.1) is 24.0 Å². The molecule has 0 unspecified atom stereocenters. The van der Waals surface area contributed by atoms with Gasteiger partial charge in [-0.25, -0.2) is 0 Å². The van der Waals surface area contributed by atoms with Crippen LogP contribution in [-0.4, -0.2) is 43.3 Å². The van der Waals surface area contributed by atoms with Gasteiger partial charge in [-0.2, -0.15) is 0 Å². The predicted octanol–water partition coefficient (Wildman–Crippen LogP) is 2.74. The van der Waals surface area contributed by atoms with Crippen LogP contribution in [0.3, 0.4) is 0 Å². The van der Waals surface area contributed by atoms with E-state index in [1.165, 1.54) is 0 Å². The molecule has 0 bridgehead atoms. The second-order valence-electron chi connectivity index (χ2n) is 6.50. The second-order valence-corrected chi connectivity index (χ2v) is 6.50. The van der Waals surface area contributed by atoms with Gasteiger partial charge in [0.05, 0.1) is 18.2 Å². The Kier molecular flexibility index (Phi) is 9.97. The van der Waals surface area contributed by atoms with Crippen LogP contribution in [0.5, 0.6) is 0 Å². The molecule has 0 aliphatic heterocycles. The van der Waals surface area contributed by atoms with Crippen molar-refractivity contribution in [1.29, 1.82) is 0 Å². The number of ether oxygens (including phenoxy) is 1. The lowest BCUT2D eigenvalue weighted by Crippen LogP contribution is -2.45. The molecule has 1 saturated carbocycles. The van der Waals surface area contributed by atoms with Crippen LogP contribution in [0.4, 0.5) is 0 Å². The number of nitrogens with one attached hydrogen (secondary N) is 2. The summed E-state index contributed by atoms with van der Waals surface area (Å²) in [4.78, 5) is 16.1. The molecule has 0 atom stereocenters. The molecule has 1 aliphatic rings. The van der Waals surface area contributed by atoms with Crippen LogP contribution in [0.1, 0.15) is 49.6 Å². The highest BCUT2D eigenvalue weighted by molar-refractivity contribution is 14.0. The number of carbonyl (C=O) groups is 1. The summed E-state index contributed by atoms with van der Waals surface area (Å²) in [5, 5.41) is 10.8. The smallest absolute Gasteiger partial charge is 0.308 e. The summed E-state index contributed by atoms with van der Waals surface area (Å²) in [5.74, 6) is 1.67.